The molecule has 0 heterocycles. The van der Waals surface area contributed by atoms with Crippen molar-refractivity contribution < 1.29 is 19.4 Å². The summed E-state index contributed by atoms with van der Waals surface area (Å²) in [6.45, 7) is 2.71. The first kappa shape index (κ1) is 25.0. The number of carbonyl (C=O) groups is 2. The van der Waals surface area contributed by atoms with Crippen molar-refractivity contribution in [3.63, 3.8) is 0 Å². The number of aliphatic carboxylic acids is 1. The molecule has 4 heteroatoms. The molecule has 164 valence electrons. The third kappa shape index (κ3) is 11.7. The lowest BCUT2D eigenvalue weighted by atomic mass is 9.79. The highest BCUT2D eigenvalue weighted by atomic mass is 16.5. The van der Waals surface area contributed by atoms with Crippen LogP contribution in [0.25, 0.3) is 0 Å². The first-order valence-electron chi connectivity index (χ1n) is 12.1. The Bertz CT molecular complexity index is 407. The van der Waals surface area contributed by atoms with Crippen molar-refractivity contribution in [1.82, 2.24) is 0 Å². The Balaban J connectivity index is 1.88. The summed E-state index contributed by atoms with van der Waals surface area (Å²) in [5.74, 6) is -2.12. The Morgan fingerprint density at radius 3 is 1.61 bits per heavy atom. The SMILES string of the molecule is CCCCCCCCCCCCCCCCOC(=O)C1CCCCC1C(=O)O. The molecule has 0 spiro atoms. The Labute approximate surface area is 172 Å². The zero-order chi connectivity index (χ0) is 20.5. The van der Waals surface area contributed by atoms with E-state index in [2.05, 4.69) is 6.92 Å². The molecule has 1 rings (SSSR count). The summed E-state index contributed by atoms with van der Waals surface area (Å²) in [7, 11) is 0. The molecule has 28 heavy (non-hydrogen) atoms. The van der Waals surface area contributed by atoms with Gasteiger partial charge in [0.05, 0.1) is 18.4 Å². The van der Waals surface area contributed by atoms with Crippen molar-refractivity contribution >= 4 is 11.9 Å². The zero-order valence-electron chi connectivity index (χ0n) is 18.3. The number of ether oxygens (including phenoxy) is 1. The zero-order valence-corrected chi connectivity index (χ0v) is 18.3. The van der Waals surface area contributed by atoms with Crippen LogP contribution in [0.3, 0.4) is 0 Å². The largest absolute Gasteiger partial charge is 0.481 e. The van der Waals surface area contributed by atoms with Crippen LogP contribution in [0, 0.1) is 11.8 Å². The van der Waals surface area contributed by atoms with Gasteiger partial charge in [-0.3, -0.25) is 9.59 Å². The average Bonchev–Trinajstić information content (AvgIpc) is 2.70. The number of hydrogen-bond donors (Lipinski definition) is 1. The second kappa shape index (κ2) is 16.9. The van der Waals surface area contributed by atoms with Gasteiger partial charge < -0.3 is 9.84 Å². The summed E-state index contributed by atoms with van der Waals surface area (Å²) in [4.78, 5) is 23.4. The van der Waals surface area contributed by atoms with Crippen molar-refractivity contribution in [3.8, 4) is 0 Å². The monoisotopic (exact) mass is 396 g/mol. The summed E-state index contributed by atoms with van der Waals surface area (Å²) in [6.07, 6.45) is 21.4. The predicted octanol–water partition coefficient (Wildman–Crippen LogP) is 6.90. The molecule has 1 saturated carbocycles. The highest BCUT2D eigenvalue weighted by Gasteiger charge is 2.36. The third-order valence-electron chi connectivity index (χ3n) is 6.13. The normalized spacial score (nSPS) is 19.5. The number of unbranched alkanes of at least 4 members (excludes halogenated alkanes) is 13. The van der Waals surface area contributed by atoms with Gasteiger partial charge in [-0.15, -0.1) is 0 Å². The van der Waals surface area contributed by atoms with Gasteiger partial charge in [0.15, 0.2) is 0 Å². The second-order valence-corrected chi connectivity index (χ2v) is 8.60. The van der Waals surface area contributed by atoms with Gasteiger partial charge in [-0.05, 0) is 19.3 Å². The van der Waals surface area contributed by atoms with Gasteiger partial charge in [0.25, 0.3) is 0 Å². The summed E-state index contributed by atoms with van der Waals surface area (Å²) < 4.78 is 5.37. The van der Waals surface area contributed by atoms with E-state index >= 15 is 0 Å². The molecule has 1 aliphatic carbocycles. The Hall–Kier alpha value is -1.06. The second-order valence-electron chi connectivity index (χ2n) is 8.60. The van der Waals surface area contributed by atoms with Crippen LogP contribution in [-0.2, 0) is 14.3 Å². The van der Waals surface area contributed by atoms with Crippen LogP contribution < -0.4 is 0 Å². The molecular formula is C24H44O4. The molecule has 0 aromatic heterocycles. The van der Waals surface area contributed by atoms with E-state index in [1.54, 1.807) is 0 Å². The molecule has 0 aliphatic heterocycles. The number of hydrogen-bond acceptors (Lipinski definition) is 3. The lowest BCUT2D eigenvalue weighted by molar-refractivity contribution is -0.159. The Morgan fingerprint density at radius 2 is 1.14 bits per heavy atom. The lowest BCUT2D eigenvalue weighted by Crippen LogP contribution is -2.33. The van der Waals surface area contributed by atoms with Crippen molar-refractivity contribution in [2.45, 2.75) is 122 Å². The van der Waals surface area contributed by atoms with Crippen molar-refractivity contribution in [2.24, 2.45) is 11.8 Å². The van der Waals surface area contributed by atoms with Gasteiger partial charge in [0, 0.05) is 0 Å². The average molecular weight is 397 g/mol. The highest BCUT2D eigenvalue weighted by molar-refractivity contribution is 5.81. The van der Waals surface area contributed by atoms with Gasteiger partial charge in [-0.25, -0.2) is 0 Å². The van der Waals surface area contributed by atoms with E-state index in [0.29, 0.717) is 19.4 Å². The minimum atomic E-state index is -0.849. The van der Waals surface area contributed by atoms with E-state index in [1.807, 2.05) is 0 Å². The van der Waals surface area contributed by atoms with E-state index in [4.69, 9.17) is 4.74 Å². The van der Waals surface area contributed by atoms with E-state index in [-0.39, 0.29) is 5.97 Å². The molecule has 1 fully saturated rings. The maximum Gasteiger partial charge on any atom is 0.309 e. The van der Waals surface area contributed by atoms with Crippen LogP contribution in [0.4, 0.5) is 0 Å². The number of carboxylic acids is 1. The molecule has 4 nitrogen and oxygen atoms in total. The first-order chi connectivity index (χ1) is 13.7. The fraction of sp³-hybridized carbons (Fsp3) is 0.917. The summed E-state index contributed by atoms with van der Waals surface area (Å²) in [6, 6.07) is 0. The molecule has 0 amide bonds. The van der Waals surface area contributed by atoms with Crippen LogP contribution in [0.15, 0.2) is 0 Å². The first-order valence-corrected chi connectivity index (χ1v) is 12.1. The molecular weight excluding hydrogens is 352 g/mol. The van der Waals surface area contributed by atoms with Crippen LogP contribution in [0.2, 0.25) is 0 Å². The molecule has 1 aliphatic rings. The quantitative estimate of drug-likeness (QED) is 0.214. The molecule has 0 radical (unpaired) electrons. The van der Waals surface area contributed by atoms with Crippen LogP contribution in [0.1, 0.15) is 122 Å². The van der Waals surface area contributed by atoms with Crippen LogP contribution in [-0.4, -0.2) is 23.7 Å². The van der Waals surface area contributed by atoms with E-state index in [9.17, 15) is 14.7 Å². The maximum absolute atomic E-state index is 12.2. The fourth-order valence-corrected chi connectivity index (χ4v) is 4.28. The number of rotatable bonds is 17. The topological polar surface area (TPSA) is 63.6 Å². The molecule has 0 aromatic carbocycles. The number of carbonyl (C=O) groups excluding carboxylic acids is 1. The molecule has 0 aromatic rings. The van der Waals surface area contributed by atoms with E-state index < -0.39 is 17.8 Å². The number of esters is 1. The third-order valence-corrected chi connectivity index (χ3v) is 6.13. The minimum absolute atomic E-state index is 0.290. The minimum Gasteiger partial charge on any atom is -0.481 e. The van der Waals surface area contributed by atoms with Gasteiger partial charge in [0.1, 0.15) is 0 Å². The van der Waals surface area contributed by atoms with Crippen molar-refractivity contribution in [2.75, 3.05) is 6.61 Å². The van der Waals surface area contributed by atoms with E-state index in [0.717, 1.165) is 25.7 Å². The standard InChI is InChI=1S/C24H44O4/c1-2-3-4-5-6-7-8-9-10-11-12-13-14-17-20-28-24(27)22-19-16-15-18-21(22)23(25)26/h21-22H,2-20H2,1H3,(H,25,26). The lowest BCUT2D eigenvalue weighted by Gasteiger charge is -2.26. The van der Waals surface area contributed by atoms with Crippen molar-refractivity contribution in [3.05, 3.63) is 0 Å². The molecule has 0 saturated heterocycles. The van der Waals surface area contributed by atoms with E-state index in [1.165, 1.54) is 77.0 Å². The predicted molar refractivity (Wildman–Crippen MR) is 114 cm³/mol. The van der Waals surface area contributed by atoms with Gasteiger partial charge >= 0.3 is 11.9 Å². The van der Waals surface area contributed by atoms with Gasteiger partial charge in [-0.2, -0.15) is 0 Å². The molecule has 2 atom stereocenters. The molecule has 1 N–H and O–H groups in total. The molecule has 0 bridgehead atoms. The Morgan fingerprint density at radius 1 is 0.714 bits per heavy atom. The maximum atomic E-state index is 12.2. The molecule has 2 unspecified atom stereocenters. The van der Waals surface area contributed by atoms with Crippen LogP contribution in [0.5, 0.6) is 0 Å². The Kier molecular flexibility index (Phi) is 15.0. The van der Waals surface area contributed by atoms with Gasteiger partial charge in [-0.1, -0.05) is 103 Å². The van der Waals surface area contributed by atoms with Crippen molar-refractivity contribution in [1.29, 1.82) is 0 Å². The van der Waals surface area contributed by atoms with Gasteiger partial charge in [0.2, 0.25) is 0 Å². The summed E-state index contributed by atoms with van der Waals surface area (Å²) in [5, 5.41) is 9.25. The fourth-order valence-electron chi connectivity index (χ4n) is 4.28. The summed E-state index contributed by atoms with van der Waals surface area (Å²) in [5.41, 5.74) is 0. The number of carboxylic acid groups (broad SMARTS) is 1. The van der Waals surface area contributed by atoms with Crippen LogP contribution >= 0.6 is 0 Å². The highest BCUT2D eigenvalue weighted by Crippen LogP contribution is 2.31. The smallest absolute Gasteiger partial charge is 0.309 e. The summed E-state index contributed by atoms with van der Waals surface area (Å²) >= 11 is 0.